The highest BCUT2D eigenvalue weighted by molar-refractivity contribution is 6.35. The number of aromatic nitrogens is 1. The molecule has 0 saturated heterocycles. The molecule has 0 spiro atoms. The van der Waals surface area contributed by atoms with Crippen molar-refractivity contribution in [2.45, 2.75) is 6.92 Å². The molecule has 0 saturated carbocycles. The number of hydrogen-bond acceptors (Lipinski definition) is 1. The van der Waals surface area contributed by atoms with Crippen molar-refractivity contribution in [3.05, 3.63) is 47.6 Å². The number of pyridine rings is 1. The molecule has 0 N–H and O–H groups in total. The molecule has 0 fully saturated rings. The lowest BCUT2D eigenvalue weighted by Gasteiger charge is -2.02. The summed E-state index contributed by atoms with van der Waals surface area (Å²) < 4.78 is 0. The second-order valence-electron chi connectivity index (χ2n) is 3.28. The molecule has 0 bridgehead atoms. The van der Waals surface area contributed by atoms with Gasteiger partial charge in [0.15, 0.2) is 0 Å². The van der Waals surface area contributed by atoms with Crippen molar-refractivity contribution >= 4 is 28.1 Å². The van der Waals surface area contributed by atoms with Gasteiger partial charge >= 0.3 is 0 Å². The number of rotatable bonds is 1. The predicted octanol–water partition coefficient (Wildman–Crippen LogP) is 3.92. The van der Waals surface area contributed by atoms with E-state index in [9.17, 15) is 0 Å². The summed E-state index contributed by atoms with van der Waals surface area (Å²) in [6.45, 7) is 5.80. The van der Waals surface area contributed by atoms with Crippen LogP contribution in [0.3, 0.4) is 0 Å². The largest absolute Gasteiger partial charge is 0.248 e. The van der Waals surface area contributed by atoms with Crippen LogP contribution in [-0.2, 0) is 0 Å². The Kier molecular flexibility index (Phi) is 2.26. The minimum absolute atomic E-state index is 0.739. The highest BCUT2D eigenvalue weighted by Gasteiger charge is 2.01. The van der Waals surface area contributed by atoms with E-state index >= 15 is 0 Å². The third-order valence-corrected chi connectivity index (χ3v) is 2.45. The third-order valence-electron chi connectivity index (χ3n) is 2.12. The van der Waals surface area contributed by atoms with Crippen LogP contribution in [0.25, 0.3) is 16.5 Å². The first-order chi connectivity index (χ1) is 6.68. The van der Waals surface area contributed by atoms with E-state index < -0.39 is 0 Å². The van der Waals surface area contributed by atoms with Crippen LogP contribution in [0.5, 0.6) is 0 Å². The molecular formula is C12H10ClN. The molecule has 0 radical (unpaired) electrons. The first-order valence-electron chi connectivity index (χ1n) is 4.39. The first-order valence-corrected chi connectivity index (χ1v) is 4.77. The predicted molar refractivity (Wildman–Crippen MR) is 61.5 cm³/mol. The summed E-state index contributed by atoms with van der Waals surface area (Å²) in [6, 6.07) is 9.64. The summed E-state index contributed by atoms with van der Waals surface area (Å²) in [5.74, 6) is 0. The highest BCUT2D eigenvalue weighted by atomic mass is 35.5. The van der Waals surface area contributed by atoms with E-state index in [0.29, 0.717) is 0 Å². The van der Waals surface area contributed by atoms with Crippen LogP contribution in [0.15, 0.2) is 36.9 Å². The number of benzene rings is 1. The molecule has 2 rings (SSSR count). The summed E-state index contributed by atoms with van der Waals surface area (Å²) in [5, 5.41) is 1.72. The maximum absolute atomic E-state index is 6.03. The van der Waals surface area contributed by atoms with E-state index in [4.69, 9.17) is 11.6 Å². The maximum Gasteiger partial charge on any atom is 0.0724 e. The second-order valence-corrected chi connectivity index (χ2v) is 3.69. The fourth-order valence-electron chi connectivity index (χ4n) is 1.36. The molecule has 2 heteroatoms. The summed E-state index contributed by atoms with van der Waals surface area (Å²) in [7, 11) is 0. The van der Waals surface area contributed by atoms with Crippen LogP contribution < -0.4 is 0 Å². The Hall–Kier alpha value is -1.34. The average Bonchev–Trinajstić information content (AvgIpc) is 2.17. The smallest absolute Gasteiger partial charge is 0.0724 e. The van der Waals surface area contributed by atoms with Gasteiger partial charge in [0.25, 0.3) is 0 Å². The van der Waals surface area contributed by atoms with E-state index in [0.717, 1.165) is 27.2 Å². The molecule has 1 aromatic heterocycles. The Morgan fingerprint density at radius 1 is 1.29 bits per heavy atom. The van der Waals surface area contributed by atoms with Gasteiger partial charge < -0.3 is 0 Å². The van der Waals surface area contributed by atoms with Crippen LogP contribution in [0.1, 0.15) is 12.6 Å². The zero-order chi connectivity index (χ0) is 10.1. The molecule has 0 unspecified atom stereocenters. The van der Waals surface area contributed by atoms with Gasteiger partial charge in [-0.15, -0.1) is 0 Å². The quantitative estimate of drug-likeness (QED) is 0.685. The minimum atomic E-state index is 0.739. The molecule has 2 aromatic rings. The van der Waals surface area contributed by atoms with Crippen molar-refractivity contribution in [1.82, 2.24) is 4.98 Å². The van der Waals surface area contributed by atoms with Gasteiger partial charge in [0.05, 0.1) is 11.2 Å². The van der Waals surface area contributed by atoms with Gasteiger partial charge in [-0.2, -0.15) is 0 Å². The average molecular weight is 204 g/mol. The lowest BCUT2D eigenvalue weighted by Crippen LogP contribution is -1.86. The first kappa shape index (κ1) is 9.22. The molecule has 1 nitrogen and oxygen atoms in total. The van der Waals surface area contributed by atoms with Crippen molar-refractivity contribution in [2.24, 2.45) is 0 Å². The molecule has 0 aliphatic heterocycles. The summed E-state index contributed by atoms with van der Waals surface area (Å²) in [5.41, 5.74) is 2.80. The second kappa shape index (κ2) is 3.43. The normalized spacial score (nSPS) is 10.4. The highest BCUT2D eigenvalue weighted by Crippen LogP contribution is 2.23. The minimum Gasteiger partial charge on any atom is -0.248 e. The van der Waals surface area contributed by atoms with Crippen LogP contribution in [0.2, 0.25) is 5.02 Å². The van der Waals surface area contributed by atoms with Gasteiger partial charge in [0, 0.05) is 10.4 Å². The van der Waals surface area contributed by atoms with Gasteiger partial charge in [0.1, 0.15) is 0 Å². The Morgan fingerprint density at radius 2 is 2.07 bits per heavy atom. The molecule has 0 aliphatic carbocycles. The van der Waals surface area contributed by atoms with E-state index in [1.54, 1.807) is 0 Å². The van der Waals surface area contributed by atoms with E-state index in [2.05, 4.69) is 11.6 Å². The van der Waals surface area contributed by atoms with Gasteiger partial charge in [0.2, 0.25) is 0 Å². The van der Waals surface area contributed by atoms with Crippen LogP contribution >= 0.6 is 11.6 Å². The van der Waals surface area contributed by atoms with Gasteiger partial charge in [-0.25, -0.2) is 4.98 Å². The summed E-state index contributed by atoms with van der Waals surface area (Å²) in [4.78, 5) is 4.45. The van der Waals surface area contributed by atoms with Gasteiger partial charge in [-0.1, -0.05) is 24.2 Å². The molecule has 1 heterocycles. The van der Waals surface area contributed by atoms with Crippen LogP contribution in [-0.4, -0.2) is 4.98 Å². The standard InChI is InChI=1S/C12H10ClN/c1-8(2)11-7-6-9-10(13)4-3-5-12(9)14-11/h3-7H,1H2,2H3. The van der Waals surface area contributed by atoms with Gasteiger partial charge in [-0.05, 0) is 36.8 Å². The van der Waals surface area contributed by atoms with E-state index in [1.807, 2.05) is 37.3 Å². The monoisotopic (exact) mass is 203 g/mol. The van der Waals surface area contributed by atoms with Crippen LogP contribution in [0, 0.1) is 0 Å². The van der Waals surface area contributed by atoms with Crippen LogP contribution in [0.4, 0.5) is 0 Å². The number of nitrogens with zero attached hydrogens (tertiary/aromatic N) is 1. The Balaban J connectivity index is 2.73. The summed E-state index contributed by atoms with van der Waals surface area (Å²) in [6.07, 6.45) is 0. The lowest BCUT2D eigenvalue weighted by atomic mass is 10.1. The van der Waals surface area contributed by atoms with Gasteiger partial charge in [-0.3, -0.25) is 0 Å². The Morgan fingerprint density at radius 3 is 2.79 bits per heavy atom. The zero-order valence-electron chi connectivity index (χ0n) is 7.92. The molecule has 70 valence electrons. The lowest BCUT2D eigenvalue weighted by molar-refractivity contribution is 1.34. The maximum atomic E-state index is 6.03. The summed E-state index contributed by atoms with van der Waals surface area (Å²) >= 11 is 6.03. The van der Waals surface area contributed by atoms with Crippen molar-refractivity contribution in [1.29, 1.82) is 0 Å². The fraction of sp³-hybridized carbons (Fsp3) is 0.0833. The Bertz CT molecular complexity index is 503. The topological polar surface area (TPSA) is 12.9 Å². The van der Waals surface area contributed by atoms with Crippen molar-refractivity contribution < 1.29 is 0 Å². The molecular weight excluding hydrogens is 194 g/mol. The molecule has 14 heavy (non-hydrogen) atoms. The number of hydrogen-bond donors (Lipinski definition) is 0. The fourth-order valence-corrected chi connectivity index (χ4v) is 1.59. The molecule has 0 aliphatic rings. The molecule has 0 atom stereocenters. The number of allylic oxidation sites excluding steroid dienone is 1. The molecule has 1 aromatic carbocycles. The SMILES string of the molecule is C=C(C)c1ccc2c(Cl)cccc2n1. The number of fused-ring (bicyclic) bond motifs is 1. The van der Waals surface area contributed by atoms with E-state index in [1.165, 1.54) is 0 Å². The molecule has 0 amide bonds. The van der Waals surface area contributed by atoms with Crippen molar-refractivity contribution in [3.63, 3.8) is 0 Å². The van der Waals surface area contributed by atoms with Crippen molar-refractivity contribution in [2.75, 3.05) is 0 Å². The van der Waals surface area contributed by atoms with E-state index in [-0.39, 0.29) is 0 Å². The van der Waals surface area contributed by atoms with Crippen molar-refractivity contribution in [3.8, 4) is 0 Å². The Labute approximate surface area is 88.0 Å². The third kappa shape index (κ3) is 1.51. The zero-order valence-corrected chi connectivity index (χ0v) is 8.67. The number of halogens is 1.